The van der Waals surface area contributed by atoms with Gasteiger partial charge in [0.1, 0.15) is 11.5 Å². The number of fused-ring (bicyclic) bond motifs is 1. The quantitative estimate of drug-likeness (QED) is 0.477. The number of carbonyl (C=O) groups is 2. The monoisotopic (exact) mass is 402 g/mol. The third kappa shape index (κ3) is 3.64. The van der Waals surface area contributed by atoms with Crippen molar-refractivity contribution in [1.82, 2.24) is 5.01 Å². The van der Waals surface area contributed by atoms with Crippen LogP contribution in [0.5, 0.6) is 11.5 Å². The van der Waals surface area contributed by atoms with Crippen LogP contribution in [0.15, 0.2) is 65.8 Å². The number of hydrazone groups is 1. The van der Waals surface area contributed by atoms with E-state index in [1.807, 2.05) is 54.6 Å². The van der Waals surface area contributed by atoms with E-state index in [2.05, 4.69) is 5.10 Å². The number of hydrogen-bond donors (Lipinski definition) is 0. The van der Waals surface area contributed by atoms with Crippen LogP contribution in [-0.4, -0.2) is 29.7 Å². The van der Waals surface area contributed by atoms with Crippen molar-refractivity contribution in [3.05, 3.63) is 71.8 Å². The third-order valence-electron chi connectivity index (χ3n) is 5.17. The molecule has 1 atom stereocenters. The van der Waals surface area contributed by atoms with Gasteiger partial charge in [-0.05, 0) is 34.5 Å². The van der Waals surface area contributed by atoms with Crippen molar-refractivity contribution in [2.45, 2.75) is 26.3 Å². The van der Waals surface area contributed by atoms with Crippen molar-refractivity contribution in [1.29, 1.82) is 0 Å². The van der Waals surface area contributed by atoms with Gasteiger partial charge in [-0.2, -0.15) is 5.10 Å². The summed E-state index contributed by atoms with van der Waals surface area (Å²) in [4.78, 5) is 24.1. The van der Waals surface area contributed by atoms with E-state index in [9.17, 15) is 9.59 Å². The smallest absolute Gasteiger partial charge is 0.308 e. The minimum absolute atomic E-state index is 0.153. The van der Waals surface area contributed by atoms with Crippen LogP contribution < -0.4 is 9.47 Å². The van der Waals surface area contributed by atoms with Crippen molar-refractivity contribution in [2.24, 2.45) is 5.10 Å². The lowest BCUT2D eigenvalue weighted by Crippen LogP contribution is -2.24. The number of nitrogens with zero attached hydrogens (tertiary/aromatic N) is 2. The Balaban J connectivity index is 1.81. The molecule has 1 aliphatic heterocycles. The molecule has 0 fully saturated rings. The first-order chi connectivity index (χ1) is 14.5. The topological polar surface area (TPSA) is 68.2 Å². The average molecular weight is 402 g/mol. The first-order valence-electron chi connectivity index (χ1n) is 9.69. The fraction of sp³-hybridized carbons (Fsp3) is 0.208. The lowest BCUT2D eigenvalue weighted by molar-refractivity contribution is -0.132. The zero-order valence-electron chi connectivity index (χ0n) is 17.1. The van der Waals surface area contributed by atoms with Crippen LogP contribution in [0, 0.1) is 0 Å². The highest BCUT2D eigenvalue weighted by atomic mass is 16.5. The van der Waals surface area contributed by atoms with Gasteiger partial charge in [-0.15, -0.1) is 0 Å². The molecule has 3 aromatic carbocycles. The van der Waals surface area contributed by atoms with Gasteiger partial charge in [0, 0.05) is 25.8 Å². The standard InChI is InChI=1S/C24H22N2O4/c1-15(27)26-22(18-8-11-19(29-3)12-9-18)14-21(25-26)24-20-7-5-4-6-17(20)10-13-23(24)30-16(2)28/h4-13,22H,14H2,1-3H3/t22-/m1/s1. The summed E-state index contributed by atoms with van der Waals surface area (Å²) in [5.74, 6) is 0.637. The van der Waals surface area contributed by atoms with E-state index in [0.717, 1.165) is 27.6 Å². The first-order valence-corrected chi connectivity index (χ1v) is 9.69. The lowest BCUT2D eigenvalue weighted by Gasteiger charge is -2.20. The van der Waals surface area contributed by atoms with Gasteiger partial charge in [0.2, 0.25) is 5.91 Å². The normalized spacial score (nSPS) is 15.8. The van der Waals surface area contributed by atoms with Crippen molar-refractivity contribution in [3.63, 3.8) is 0 Å². The maximum Gasteiger partial charge on any atom is 0.308 e. The molecule has 0 spiro atoms. The third-order valence-corrected chi connectivity index (χ3v) is 5.17. The van der Waals surface area contributed by atoms with Crippen molar-refractivity contribution < 1.29 is 19.1 Å². The maximum atomic E-state index is 12.4. The number of carbonyl (C=O) groups excluding carboxylic acids is 2. The predicted molar refractivity (Wildman–Crippen MR) is 115 cm³/mol. The van der Waals surface area contributed by atoms with Crippen molar-refractivity contribution in [3.8, 4) is 11.5 Å². The first kappa shape index (κ1) is 19.6. The number of ether oxygens (including phenoxy) is 2. The molecule has 0 aliphatic carbocycles. The molecular weight excluding hydrogens is 380 g/mol. The van der Waals surface area contributed by atoms with E-state index in [4.69, 9.17) is 9.47 Å². The summed E-state index contributed by atoms with van der Waals surface area (Å²) >= 11 is 0. The maximum absolute atomic E-state index is 12.4. The molecule has 0 saturated heterocycles. The minimum Gasteiger partial charge on any atom is -0.497 e. The van der Waals surface area contributed by atoms with Crippen LogP contribution in [0.25, 0.3) is 10.8 Å². The number of esters is 1. The molecule has 0 aromatic heterocycles. The zero-order chi connectivity index (χ0) is 21.3. The Kier molecular flexibility index (Phi) is 5.23. The van der Waals surface area contributed by atoms with Gasteiger partial charge < -0.3 is 9.47 Å². The highest BCUT2D eigenvalue weighted by molar-refractivity contribution is 6.14. The zero-order valence-corrected chi connectivity index (χ0v) is 17.1. The fourth-order valence-corrected chi connectivity index (χ4v) is 3.83. The van der Waals surface area contributed by atoms with Crippen LogP contribution in [0.4, 0.5) is 0 Å². The molecule has 1 heterocycles. The Morgan fingerprint density at radius 3 is 2.40 bits per heavy atom. The highest BCUT2D eigenvalue weighted by Crippen LogP contribution is 2.38. The van der Waals surface area contributed by atoms with E-state index >= 15 is 0 Å². The molecule has 30 heavy (non-hydrogen) atoms. The van der Waals surface area contributed by atoms with Gasteiger partial charge in [-0.25, -0.2) is 5.01 Å². The Bertz CT molecular complexity index is 1150. The number of rotatable bonds is 4. The van der Waals surface area contributed by atoms with Gasteiger partial charge in [0.15, 0.2) is 0 Å². The van der Waals surface area contributed by atoms with Crippen LogP contribution in [0.3, 0.4) is 0 Å². The molecule has 6 nitrogen and oxygen atoms in total. The SMILES string of the molecule is COc1ccc([C@H]2CC(c3c(OC(C)=O)ccc4ccccc34)=NN2C(C)=O)cc1. The molecule has 6 heteroatoms. The molecule has 0 radical (unpaired) electrons. The number of benzene rings is 3. The second-order valence-electron chi connectivity index (χ2n) is 7.16. The van der Waals surface area contributed by atoms with E-state index in [-0.39, 0.29) is 11.9 Å². The molecule has 4 rings (SSSR count). The fourth-order valence-electron chi connectivity index (χ4n) is 3.83. The summed E-state index contributed by atoms with van der Waals surface area (Å²) in [5, 5.41) is 8.08. The summed E-state index contributed by atoms with van der Waals surface area (Å²) in [6.07, 6.45) is 0.508. The molecule has 0 N–H and O–H groups in total. The minimum atomic E-state index is -0.403. The Labute approximate surface area is 174 Å². The van der Waals surface area contributed by atoms with Gasteiger partial charge in [0.05, 0.1) is 18.9 Å². The van der Waals surface area contributed by atoms with Crippen LogP contribution >= 0.6 is 0 Å². The predicted octanol–water partition coefficient (Wildman–Crippen LogP) is 4.47. The van der Waals surface area contributed by atoms with Crippen LogP contribution in [0.2, 0.25) is 0 Å². The largest absolute Gasteiger partial charge is 0.497 e. The molecule has 1 amide bonds. The summed E-state index contributed by atoms with van der Waals surface area (Å²) in [7, 11) is 1.62. The Morgan fingerprint density at radius 1 is 1.00 bits per heavy atom. The Morgan fingerprint density at radius 2 is 1.73 bits per heavy atom. The van der Waals surface area contributed by atoms with Crippen molar-refractivity contribution >= 4 is 28.4 Å². The Hall–Kier alpha value is -3.67. The number of methoxy groups -OCH3 is 1. The number of amides is 1. The van der Waals surface area contributed by atoms with Crippen molar-refractivity contribution in [2.75, 3.05) is 7.11 Å². The van der Waals surface area contributed by atoms with E-state index in [1.165, 1.54) is 18.9 Å². The van der Waals surface area contributed by atoms with E-state index in [1.54, 1.807) is 13.2 Å². The molecular formula is C24H22N2O4. The summed E-state index contributed by atoms with van der Waals surface area (Å²) < 4.78 is 10.7. The van der Waals surface area contributed by atoms with Gasteiger partial charge in [-0.1, -0.05) is 42.5 Å². The van der Waals surface area contributed by atoms with E-state index < -0.39 is 5.97 Å². The summed E-state index contributed by atoms with van der Waals surface area (Å²) in [6, 6.07) is 18.9. The van der Waals surface area contributed by atoms with Crippen LogP contribution in [0.1, 0.15) is 37.4 Å². The van der Waals surface area contributed by atoms with E-state index in [0.29, 0.717) is 17.9 Å². The lowest BCUT2D eigenvalue weighted by atomic mass is 9.94. The van der Waals surface area contributed by atoms with Gasteiger partial charge >= 0.3 is 5.97 Å². The van der Waals surface area contributed by atoms with Crippen LogP contribution in [-0.2, 0) is 9.59 Å². The average Bonchev–Trinajstić information content (AvgIpc) is 3.18. The molecule has 152 valence electrons. The van der Waals surface area contributed by atoms with Gasteiger partial charge in [-0.3, -0.25) is 9.59 Å². The highest BCUT2D eigenvalue weighted by Gasteiger charge is 2.33. The number of hydrogen-bond acceptors (Lipinski definition) is 5. The second kappa shape index (κ2) is 7.99. The van der Waals surface area contributed by atoms with Gasteiger partial charge in [0.25, 0.3) is 0 Å². The molecule has 1 aliphatic rings. The molecule has 0 bridgehead atoms. The molecule has 3 aromatic rings. The second-order valence-corrected chi connectivity index (χ2v) is 7.16. The molecule has 0 saturated carbocycles. The molecule has 0 unspecified atom stereocenters. The summed E-state index contributed by atoms with van der Waals surface area (Å²) in [5.41, 5.74) is 2.41. The summed E-state index contributed by atoms with van der Waals surface area (Å²) in [6.45, 7) is 2.87.